The van der Waals surface area contributed by atoms with Crippen LogP contribution in [0.4, 0.5) is 0 Å². The van der Waals surface area contributed by atoms with Crippen LogP contribution in [0.15, 0.2) is 5.16 Å². The van der Waals surface area contributed by atoms with Gasteiger partial charge in [-0.1, -0.05) is 45.2 Å². The summed E-state index contributed by atoms with van der Waals surface area (Å²) in [4.78, 5) is 12.5. The van der Waals surface area contributed by atoms with Gasteiger partial charge in [-0.05, 0) is 37.5 Å². The molecular formula is C16H31N3O2. The van der Waals surface area contributed by atoms with Crippen molar-refractivity contribution in [2.24, 2.45) is 28.1 Å². The SMILES string of the molecule is CCC(CC)(C(=O)NCCC1CCCC(C)C1)C(N)=NO. The first-order valence-electron chi connectivity index (χ1n) is 8.26. The topological polar surface area (TPSA) is 87.7 Å². The fourth-order valence-electron chi connectivity index (χ4n) is 3.53. The average Bonchev–Trinajstić information content (AvgIpc) is 2.49. The minimum absolute atomic E-state index is 0.0105. The second-order valence-electron chi connectivity index (χ2n) is 6.46. The van der Waals surface area contributed by atoms with Gasteiger partial charge in [-0.3, -0.25) is 4.79 Å². The van der Waals surface area contributed by atoms with Crippen LogP contribution in [0, 0.1) is 17.3 Å². The Morgan fingerprint density at radius 1 is 1.38 bits per heavy atom. The number of nitrogens with zero attached hydrogens (tertiary/aromatic N) is 1. The molecule has 1 fully saturated rings. The second-order valence-corrected chi connectivity index (χ2v) is 6.46. The van der Waals surface area contributed by atoms with Crippen molar-refractivity contribution < 1.29 is 10.0 Å². The van der Waals surface area contributed by atoms with Gasteiger partial charge in [0.2, 0.25) is 5.91 Å². The predicted molar refractivity (Wildman–Crippen MR) is 85.2 cm³/mol. The maximum Gasteiger partial charge on any atom is 0.233 e. The molecule has 1 saturated carbocycles. The molecule has 21 heavy (non-hydrogen) atoms. The van der Waals surface area contributed by atoms with Gasteiger partial charge in [0, 0.05) is 6.54 Å². The monoisotopic (exact) mass is 297 g/mol. The second kappa shape index (κ2) is 8.25. The van der Waals surface area contributed by atoms with Crippen molar-refractivity contribution in [3.63, 3.8) is 0 Å². The third kappa shape index (κ3) is 4.35. The number of hydrogen-bond donors (Lipinski definition) is 3. The Labute approximate surface area is 128 Å². The molecule has 4 N–H and O–H groups in total. The van der Waals surface area contributed by atoms with Gasteiger partial charge < -0.3 is 16.3 Å². The molecule has 0 saturated heterocycles. The third-order valence-corrected chi connectivity index (χ3v) is 5.12. The molecule has 1 rings (SSSR count). The molecule has 1 amide bonds. The zero-order valence-electron chi connectivity index (χ0n) is 13.7. The number of carbonyl (C=O) groups excluding carboxylic acids is 1. The summed E-state index contributed by atoms with van der Waals surface area (Å²) < 4.78 is 0. The molecule has 1 aliphatic rings. The van der Waals surface area contributed by atoms with Gasteiger partial charge in [0.25, 0.3) is 0 Å². The zero-order chi connectivity index (χ0) is 15.9. The van der Waals surface area contributed by atoms with Crippen molar-refractivity contribution in [3.8, 4) is 0 Å². The van der Waals surface area contributed by atoms with Crippen molar-refractivity contribution in [2.45, 2.75) is 65.7 Å². The number of nitrogens with two attached hydrogens (primary N) is 1. The van der Waals surface area contributed by atoms with E-state index in [4.69, 9.17) is 10.9 Å². The Morgan fingerprint density at radius 3 is 2.57 bits per heavy atom. The summed E-state index contributed by atoms with van der Waals surface area (Å²) in [7, 11) is 0. The van der Waals surface area contributed by atoms with Crippen LogP contribution in [0.3, 0.4) is 0 Å². The van der Waals surface area contributed by atoms with Crippen LogP contribution in [0.5, 0.6) is 0 Å². The van der Waals surface area contributed by atoms with Crippen LogP contribution in [0.25, 0.3) is 0 Å². The lowest BCUT2D eigenvalue weighted by molar-refractivity contribution is -0.128. The van der Waals surface area contributed by atoms with Crippen molar-refractivity contribution in [1.29, 1.82) is 0 Å². The first kappa shape index (κ1) is 17.8. The van der Waals surface area contributed by atoms with Gasteiger partial charge >= 0.3 is 0 Å². The highest BCUT2D eigenvalue weighted by atomic mass is 16.4. The maximum atomic E-state index is 12.5. The largest absolute Gasteiger partial charge is 0.409 e. The minimum Gasteiger partial charge on any atom is -0.409 e. The molecule has 0 radical (unpaired) electrons. The van der Waals surface area contributed by atoms with E-state index in [2.05, 4.69) is 17.4 Å². The van der Waals surface area contributed by atoms with E-state index in [1.165, 1.54) is 25.7 Å². The highest BCUT2D eigenvalue weighted by Gasteiger charge is 2.39. The van der Waals surface area contributed by atoms with E-state index in [9.17, 15) is 4.79 Å². The Hall–Kier alpha value is -1.26. The summed E-state index contributed by atoms with van der Waals surface area (Å²) in [5, 5.41) is 15.0. The van der Waals surface area contributed by atoms with Crippen molar-refractivity contribution in [1.82, 2.24) is 5.32 Å². The molecule has 0 spiro atoms. The number of nitrogens with one attached hydrogen (secondary N) is 1. The number of amides is 1. The summed E-state index contributed by atoms with van der Waals surface area (Å²) in [6.07, 6.45) is 7.27. The van der Waals surface area contributed by atoms with Crippen LogP contribution >= 0.6 is 0 Å². The predicted octanol–water partition coefficient (Wildman–Crippen LogP) is 2.87. The number of hydrogen-bond acceptors (Lipinski definition) is 3. The first-order valence-corrected chi connectivity index (χ1v) is 8.26. The molecule has 5 nitrogen and oxygen atoms in total. The van der Waals surface area contributed by atoms with Gasteiger partial charge in [0.1, 0.15) is 5.41 Å². The van der Waals surface area contributed by atoms with E-state index in [-0.39, 0.29) is 11.7 Å². The van der Waals surface area contributed by atoms with E-state index in [0.717, 1.165) is 18.3 Å². The molecule has 0 aromatic carbocycles. The van der Waals surface area contributed by atoms with Crippen molar-refractivity contribution in [2.75, 3.05) is 6.54 Å². The van der Waals surface area contributed by atoms with E-state index < -0.39 is 5.41 Å². The molecule has 1 aliphatic carbocycles. The van der Waals surface area contributed by atoms with E-state index >= 15 is 0 Å². The Bertz CT molecular complexity index is 365. The number of rotatable bonds is 7. The molecule has 0 heterocycles. The Balaban J connectivity index is 2.51. The van der Waals surface area contributed by atoms with E-state index in [1.54, 1.807) is 0 Å². The molecule has 0 aromatic rings. The molecule has 0 aromatic heterocycles. The average molecular weight is 297 g/mol. The van der Waals surface area contributed by atoms with Gasteiger partial charge in [0.15, 0.2) is 5.84 Å². The molecule has 0 bridgehead atoms. The maximum absolute atomic E-state index is 12.5. The Morgan fingerprint density at radius 2 is 2.05 bits per heavy atom. The van der Waals surface area contributed by atoms with Crippen molar-refractivity contribution >= 4 is 11.7 Å². The summed E-state index contributed by atoms with van der Waals surface area (Å²) in [5.41, 5.74) is 4.87. The zero-order valence-corrected chi connectivity index (χ0v) is 13.7. The normalized spacial score (nSPS) is 23.9. The molecule has 0 aliphatic heterocycles. The van der Waals surface area contributed by atoms with Crippen LogP contribution in [-0.4, -0.2) is 23.5 Å². The first-order chi connectivity index (χ1) is 10.00. The van der Waals surface area contributed by atoms with Gasteiger partial charge in [0.05, 0.1) is 0 Å². The fourth-order valence-corrected chi connectivity index (χ4v) is 3.53. The van der Waals surface area contributed by atoms with E-state index in [1.807, 2.05) is 13.8 Å². The van der Waals surface area contributed by atoms with Crippen molar-refractivity contribution in [3.05, 3.63) is 0 Å². The lowest BCUT2D eigenvalue weighted by atomic mass is 9.79. The van der Waals surface area contributed by atoms with Crippen LogP contribution < -0.4 is 11.1 Å². The standard InChI is InChI=1S/C16H31N3O2/c1-4-16(5-2,14(17)19-21)15(20)18-10-9-13-8-6-7-12(3)11-13/h12-13,21H,4-11H2,1-3H3,(H2,17,19)(H,18,20). The van der Waals surface area contributed by atoms with Crippen LogP contribution in [0.1, 0.15) is 65.7 Å². The van der Waals surface area contributed by atoms with Gasteiger partial charge in [-0.15, -0.1) is 0 Å². The highest BCUT2D eigenvalue weighted by Crippen LogP contribution is 2.31. The summed E-state index contributed by atoms with van der Waals surface area (Å²) in [6, 6.07) is 0. The summed E-state index contributed by atoms with van der Waals surface area (Å²) in [6.45, 7) is 6.77. The van der Waals surface area contributed by atoms with Gasteiger partial charge in [-0.2, -0.15) is 0 Å². The quantitative estimate of drug-likeness (QED) is 0.292. The van der Waals surface area contributed by atoms with Crippen LogP contribution in [0.2, 0.25) is 0 Å². The number of oxime groups is 1. The number of carbonyl (C=O) groups is 1. The lowest BCUT2D eigenvalue weighted by Gasteiger charge is -2.30. The number of amidine groups is 1. The van der Waals surface area contributed by atoms with E-state index in [0.29, 0.717) is 19.4 Å². The molecule has 2 unspecified atom stereocenters. The van der Waals surface area contributed by atoms with Gasteiger partial charge in [-0.25, -0.2) is 0 Å². The Kier molecular flexibility index (Phi) is 6.99. The summed E-state index contributed by atoms with van der Waals surface area (Å²) >= 11 is 0. The lowest BCUT2D eigenvalue weighted by Crippen LogP contribution is -2.49. The molecule has 2 atom stereocenters. The van der Waals surface area contributed by atoms with Crippen LogP contribution in [-0.2, 0) is 4.79 Å². The summed E-state index contributed by atoms with van der Waals surface area (Å²) in [5.74, 6) is 1.42. The fraction of sp³-hybridized carbons (Fsp3) is 0.875. The smallest absolute Gasteiger partial charge is 0.233 e. The molecule has 122 valence electrons. The highest BCUT2D eigenvalue weighted by molar-refractivity contribution is 6.06. The molecular weight excluding hydrogens is 266 g/mol. The third-order valence-electron chi connectivity index (χ3n) is 5.12. The minimum atomic E-state index is -0.880. The molecule has 5 heteroatoms.